The lowest BCUT2D eigenvalue weighted by Gasteiger charge is -2.08. The standard InChI is InChI=1S/C7H17NO2S/c1-9-3-4-11-6-7(8)5-10-2/h7H,3-6,8H2,1-2H3. The number of rotatable bonds is 7. The molecule has 0 amide bonds. The lowest BCUT2D eigenvalue weighted by atomic mass is 10.4. The van der Waals surface area contributed by atoms with Gasteiger partial charge in [0.05, 0.1) is 13.2 Å². The van der Waals surface area contributed by atoms with Gasteiger partial charge in [0, 0.05) is 31.8 Å². The van der Waals surface area contributed by atoms with Crippen molar-refractivity contribution < 1.29 is 9.47 Å². The molecule has 11 heavy (non-hydrogen) atoms. The highest BCUT2D eigenvalue weighted by atomic mass is 32.2. The Bertz CT molecular complexity index is 82.8. The molecule has 4 heteroatoms. The fourth-order valence-corrected chi connectivity index (χ4v) is 1.49. The Kier molecular flexibility index (Phi) is 8.50. The molecular formula is C7H17NO2S. The van der Waals surface area contributed by atoms with Gasteiger partial charge in [0.2, 0.25) is 0 Å². The van der Waals surface area contributed by atoms with Gasteiger partial charge >= 0.3 is 0 Å². The highest BCUT2D eigenvalue weighted by Gasteiger charge is 2.00. The number of ether oxygens (including phenoxy) is 2. The van der Waals surface area contributed by atoms with Crippen molar-refractivity contribution >= 4 is 11.8 Å². The number of nitrogens with two attached hydrogens (primary N) is 1. The van der Waals surface area contributed by atoms with E-state index in [0.29, 0.717) is 6.61 Å². The number of methoxy groups -OCH3 is 2. The maximum absolute atomic E-state index is 5.68. The first-order valence-corrected chi connectivity index (χ1v) is 4.78. The molecule has 0 rings (SSSR count). The molecule has 1 atom stereocenters. The summed E-state index contributed by atoms with van der Waals surface area (Å²) < 4.78 is 9.78. The Labute approximate surface area is 72.6 Å². The van der Waals surface area contributed by atoms with Crippen molar-refractivity contribution in [3.8, 4) is 0 Å². The van der Waals surface area contributed by atoms with Crippen LogP contribution in [0.4, 0.5) is 0 Å². The van der Waals surface area contributed by atoms with Gasteiger partial charge in [0.15, 0.2) is 0 Å². The summed E-state index contributed by atoms with van der Waals surface area (Å²) in [6, 6.07) is 0.154. The van der Waals surface area contributed by atoms with E-state index in [-0.39, 0.29) is 6.04 Å². The Morgan fingerprint density at radius 1 is 1.36 bits per heavy atom. The van der Waals surface area contributed by atoms with E-state index in [4.69, 9.17) is 15.2 Å². The molecule has 0 saturated carbocycles. The van der Waals surface area contributed by atoms with Crippen LogP contribution in [-0.2, 0) is 9.47 Å². The quantitative estimate of drug-likeness (QED) is 0.572. The van der Waals surface area contributed by atoms with Gasteiger partial charge < -0.3 is 15.2 Å². The fraction of sp³-hybridized carbons (Fsp3) is 1.00. The average molecular weight is 179 g/mol. The summed E-state index contributed by atoms with van der Waals surface area (Å²) in [6.45, 7) is 1.43. The second-order valence-electron chi connectivity index (χ2n) is 2.28. The van der Waals surface area contributed by atoms with Crippen molar-refractivity contribution in [1.82, 2.24) is 0 Å². The van der Waals surface area contributed by atoms with Crippen molar-refractivity contribution in [2.45, 2.75) is 6.04 Å². The summed E-state index contributed by atoms with van der Waals surface area (Å²) in [5.74, 6) is 1.95. The van der Waals surface area contributed by atoms with E-state index in [9.17, 15) is 0 Å². The lowest BCUT2D eigenvalue weighted by Crippen LogP contribution is -2.28. The maximum atomic E-state index is 5.68. The third-order valence-corrected chi connectivity index (χ3v) is 2.26. The Morgan fingerprint density at radius 2 is 2.09 bits per heavy atom. The predicted molar refractivity (Wildman–Crippen MR) is 49.1 cm³/mol. The van der Waals surface area contributed by atoms with E-state index in [1.165, 1.54) is 0 Å². The van der Waals surface area contributed by atoms with Gasteiger partial charge in [-0.1, -0.05) is 0 Å². The Hall–Kier alpha value is 0.230. The highest BCUT2D eigenvalue weighted by molar-refractivity contribution is 7.99. The van der Waals surface area contributed by atoms with E-state index >= 15 is 0 Å². The molecule has 0 saturated heterocycles. The van der Waals surface area contributed by atoms with Gasteiger partial charge in [-0.05, 0) is 0 Å². The van der Waals surface area contributed by atoms with Crippen LogP contribution >= 0.6 is 11.8 Å². The summed E-state index contributed by atoms with van der Waals surface area (Å²) in [7, 11) is 3.37. The first kappa shape index (κ1) is 11.2. The molecule has 0 aromatic heterocycles. The van der Waals surface area contributed by atoms with Crippen LogP contribution < -0.4 is 5.73 Å². The van der Waals surface area contributed by atoms with Gasteiger partial charge in [-0.25, -0.2) is 0 Å². The van der Waals surface area contributed by atoms with E-state index in [1.807, 2.05) is 0 Å². The fourth-order valence-electron chi connectivity index (χ4n) is 0.639. The van der Waals surface area contributed by atoms with Gasteiger partial charge in [0.25, 0.3) is 0 Å². The smallest absolute Gasteiger partial charge is 0.0621 e. The van der Waals surface area contributed by atoms with Gasteiger partial charge in [0.1, 0.15) is 0 Å². The zero-order chi connectivity index (χ0) is 8.53. The summed E-state index contributed by atoms with van der Waals surface area (Å²) in [6.07, 6.45) is 0. The molecule has 0 bridgehead atoms. The Morgan fingerprint density at radius 3 is 2.64 bits per heavy atom. The van der Waals surface area contributed by atoms with Crippen molar-refractivity contribution in [2.24, 2.45) is 5.73 Å². The van der Waals surface area contributed by atoms with E-state index in [2.05, 4.69) is 0 Å². The molecule has 1 unspecified atom stereocenters. The molecule has 68 valence electrons. The summed E-state index contributed by atoms with van der Waals surface area (Å²) in [5, 5.41) is 0. The third-order valence-electron chi connectivity index (χ3n) is 1.14. The third kappa shape index (κ3) is 8.13. The normalized spacial score (nSPS) is 13.4. The molecule has 0 heterocycles. The van der Waals surface area contributed by atoms with Crippen molar-refractivity contribution in [1.29, 1.82) is 0 Å². The maximum Gasteiger partial charge on any atom is 0.0621 e. The minimum atomic E-state index is 0.154. The Balaban J connectivity index is 2.97. The van der Waals surface area contributed by atoms with Crippen LogP contribution in [-0.4, -0.2) is 45.0 Å². The van der Waals surface area contributed by atoms with Crippen LogP contribution in [0.2, 0.25) is 0 Å². The summed E-state index contributed by atoms with van der Waals surface area (Å²) in [5.41, 5.74) is 5.68. The SMILES string of the molecule is COCCSCC(N)COC. The van der Waals surface area contributed by atoms with E-state index < -0.39 is 0 Å². The van der Waals surface area contributed by atoms with Crippen LogP contribution in [0.25, 0.3) is 0 Å². The number of thioether (sulfide) groups is 1. The van der Waals surface area contributed by atoms with Crippen LogP contribution in [0.3, 0.4) is 0 Å². The molecule has 0 aliphatic rings. The minimum Gasteiger partial charge on any atom is -0.384 e. The lowest BCUT2D eigenvalue weighted by molar-refractivity contribution is 0.186. The number of hydrogen-bond donors (Lipinski definition) is 1. The molecule has 0 radical (unpaired) electrons. The van der Waals surface area contributed by atoms with Crippen molar-refractivity contribution in [2.75, 3.05) is 38.9 Å². The van der Waals surface area contributed by atoms with Crippen molar-refractivity contribution in [3.63, 3.8) is 0 Å². The largest absolute Gasteiger partial charge is 0.384 e. The second kappa shape index (κ2) is 8.33. The van der Waals surface area contributed by atoms with Gasteiger partial charge in [-0.2, -0.15) is 11.8 Å². The monoisotopic (exact) mass is 179 g/mol. The van der Waals surface area contributed by atoms with Crippen LogP contribution in [0.5, 0.6) is 0 Å². The van der Waals surface area contributed by atoms with E-state index in [0.717, 1.165) is 18.1 Å². The molecule has 0 aliphatic carbocycles. The molecule has 2 N–H and O–H groups in total. The first-order valence-electron chi connectivity index (χ1n) is 3.62. The molecule has 3 nitrogen and oxygen atoms in total. The average Bonchev–Trinajstić information content (AvgIpc) is 1.99. The number of hydrogen-bond acceptors (Lipinski definition) is 4. The predicted octanol–water partition coefficient (Wildman–Crippen LogP) is 0.340. The highest BCUT2D eigenvalue weighted by Crippen LogP contribution is 2.00. The molecule has 0 aromatic carbocycles. The molecule has 0 spiro atoms. The van der Waals surface area contributed by atoms with Gasteiger partial charge in [-0.3, -0.25) is 0 Å². The second-order valence-corrected chi connectivity index (χ2v) is 3.43. The molecule has 0 fully saturated rings. The van der Waals surface area contributed by atoms with Crippen LogP contribution in [0.1, 0.15) is 0 Å². The van der Waals surface area contributed by atoms with Gasteiger partial charge in [-0.15, -0.1) is 0 Å². The zero-order valence-electron chi connectivity index (χ0n) is 7.21. The molecule has 0 aromatic rings. The van der Waals surface area contributed by atoms with Crippen molar-refractivity contribution in [3.05, 3.63) is 0 Å². The minimum absolute atomic E-state index is 0.154. The van der Waals surface area contributed by atoms with E-state index in [1.54, 1.807) is 26.0 Å². The topological polar surface area (TPSA) is 44.5 Å². The molecular weight excluding hydrogens is 162 g/mol. The summed E-state index contributed by atoms with van der Waals surface area (Å²) >= 11 is 1.80. The zero-order valence-corrected chi connectivity index (χ0v) is 8.02. The molecule has 0 aliphatic heterocycles. The summed E-state index contributed by atoms with van der Waals surface area (Å²) in [4.78, 5) is 0. The first-order chi connectivity index (χ1) is 5.31. The van der Waals surface area contributed by atoms with Crippen LogP contribution in [0.15, 0.2) is 0 Å². The van der Waals surface area contributed by atoms with Crippen LogP contribution in [0, 0.1) is 0 Å².